The van der Waals surface area contributed by atoms with Crippen LogP contribution in [0.4, 0.5) is 5.82 Å². The van der Waals surface area contributed by atoms with Crippen LogP contribution in [0.2, 0.25) is 0 Å². The highest BCUT2D eigenvalue weighted by molar-refractivity contribution is 5.83. The summed E-state index contributed by atoms with van der Waals surface area (Å²) in [6.45, 7) is 1.92. The zero-order valence-electron chi connectivity index (χ0n) is 14.9. The summed E-state index contributed by atoms with van der Waals surface area (Å²) in [6.07, 6.45) is 6.73. The fraction of sp³-hybridized carbons (Fsp3) is 0.500. The first kappa shape index (κ1) is 16.7. The number of imidazole rings is 1. The van der Waals surface area contributed by atoms with Crippen LogP contribution >= 0.6 is 0 Å². The first-order valence-electron chi connectivity index (χ1n) is 9.25. The molecule has 4 heterocycles. The van der Waals surface area contributed by atoms with E-state index in [-0.39, 0.29) is 18.9 Å². The molecular formula is C18H22N6O3. The Labute approximate surface area is 156 Å². The average molecular weight is 370 g/mol. The zero-order valence-corrected chi connectivity index (χ0v) is 14.9. The number of fused-ring (bicyclic) bond motifs is 1. The summed E-state index contributed by atoms with van der Waals surface area (Å²) in [4.78, 5) is 15.5. The molecule has 2 fully saturated rings. The standard InChI is InChI=1S/C18H22N6O3/c25-9-14-7-23(6-13-2-1-5-26-13)8-15(27-14)24-11-21-16-17(22-12-3-4-12)19-10-20-18(16)24/h1-2,5,10-12,14-15,25H,3-4,6-9H2,(H,19,20,22)/t14-,15+/m0/s1. The normalized spacial score (nSPS) is 23.7. The fourth-order valence-corrected chi connectivity index (χ4v) is 3.49. The van der Waals surface area contributed by atoms with E-state index in [4.69, 9.17) is 9.15 Å². The molecule has 0 spiro atoms. The second-order valence-electron chi connectivity index (χ2n) is 7.13. The first-order chi connectivity index (χ1) is 13.3. The van der Waals surface area contributed by atoms with Crippen LogP contribution < -0.4 is 5.32 Å². The number of nitrogens with one attached hydrogen (secondary N) is 1. The monoisotopic (exact) mass is 370 g/mol. The summed E-state index contributed by atoms with van der Waals surface area (Å²) in [5.74, 6) is 1.66. The van der Waals surface area contributed by atoms with E-state index in [0.717, 1.165) is 35.6 Å². The first-order valence-corrected chi connectivity index (χ1v) is 9.25. The predicted molar refractivity (Wildman–Crippen MR) is 96.9 cm³/mol. The van der Waals surface area contributed by atoms with E-state index < -0.39 is 0 Å². The molecule has 1 aliphatic heterocycles. The minimum Gasteiger partial charge on any atom is -0.468 e. The number of hydrogen-bond acceptors (Lipinski definition) is 8. The molecule has 2 atom stereocenters. The van der Waals surface area contributed by atoms with Gasteiger partial charge >= 0.3 is 0 Å². The van der Waals surface area contributed by atoms with Crippen LogP contribution in [0, 0.1) is 0 Å². The lowest BCUT2D eigenvalue weighted by molar-refractivity contribution is -0.136. The molecule has 0 bridgehead atoms. The Morgan fingerprint density at radius 3 is 2.93 bits per heavy atom. The van der Waals surface area contributed by atoms with Crippen LogP contribution in [0.5, 0.6) is 0 Å². The molecule has 2 N–H and O–H groups in total. The van der Waals surface area contributed by atoms with Crippen LogP contribution in [0.25, 0.3) is 11.2 Å². The van der Waals surface area contributed by atoms with Gasteiger partial charge < -0.3 is 19.6 Å². The highest BCUT2D eigenvalue weighted by atomic mass is 16.5. The number of aliphatic hydroxyl groups is 1. The lowest BCUT2D eigenvalue weighted by Gasteiger charge is -2.37. The van der Waals surface area contributed by atoms with E-state index >= 15 is 0 Å². The lowest BCUT2D eigenvalue weighted by atomic mass is 10.2. The van der Waals surface area contributed by atoms with Gasteiger partial charge in [-0.05, 0) is 25.0 Å². The maximum absolute atomic E-state index is 9.68. The number of hydrogen-bond donors (Lipinski definition) is 2. The van der Waals surface area contributed by atoms with Crippen molar-refractivity contribution in [1.82, 2.24) is 24.4 Å². The van der Waals surface area contributed by atoms with Crippen molar-refractivity contribution in [2.24, 2.45) is 0 Å². The molecule has 5 rings (SSSR count). The molecule has 1 aliphatic carbocycles. The largest absolute Gasteiger partial charge is 0.468 e. The van der Waals surface area contributed by atoms with Gasteiger partial charge in [0.1, 0.15) is 18.3 Å². The van der Waals surface area contributed by atoms with E-state index in [2.05, 4.69) is 25.2 Å². The Bertz CT molecular complexity index is 907. The topological polar surface area (TPSA) is 101 Å². The highest BCUT2D eigenvalue weighted by Gasteiger charge is 2.31. The summed E-state index contributed by atoms with van der Waals surface area (Å²) in [5, 5.41) is 13.1. The Morgan fingerprint density at radius 2 is 2.15 bits per heavy atom. The molecule has 9 nitrogen and oxygen atoms in total. The number of anilines is 1. The van der Waals surface area contributed by atoms with Crippen molar-refractivity contribution in [3.8, 4) is 0 Å². The molecule has 0 unspecified atom stereocenters. The van der Waals surface area contributed by atoms with Gasteiger partial charge in [-0.2, -0.15) is 0 Å². The number of rotatable bonds is 6. The number of ether oxygens (including phenoxy) is 1. The van der Waals surface area contributed by atoms with Gasteiger partial charge in [-0.1, -0.05) is 0 Å². The second kappa shape index (κ2) is 6.91. The van der Waals surface area contributed by atoms with Crippen molar-refractivity contribution in [3.05, 3.63) is 36.8 Å². The van der Waals surface area contributed by atoms with Gasteiger partial charge in [0.2, 0.25) is 0 Å². The second-order valence-corrected chi connectivity index (χ2v) is 7.13. The Kier molecular flexibility index (Phi) is 4.27. The van der Waals surface area contributed by atoms with Gasteiger partial charge in [0, 0.05) is 19.1 Å². The van der Waals surface area contributed by atoms with Gasteiger partial charge in [0.25, 0.3) is 0 Å². The summed E-state index contributed by atoms with van der Waals surface area (Å²) in [6, 6.07) is 4.32. The molecule has 142 valence electrons. The highest BCUT2D eigenvalue weighted by Crippen LogP contribution is 2.29. The van der Waals surface area contributed by atoms with E-state index in [1.807, 2.05) is 16.7 Å². The molecule has 0 radical (unpaired) electrons. The summed E-state index contributed by atoms with van der Waals surface area (Å²) >= 11 is 0. The Morgan fingerprint density at radius 1 is 1.22 bits per heavy atom. The van der Waals surface area contributed by atoms with Gasteiger partial charge in [-0.3, -0.25) is 9.47 Å². The van der Waals surface area contributed by atoms with Crippen molar-refractivity contribution in [1.29, 1.82) is 0 Å². The van der Waals surface area contributed by atoms with Crippen LogP contribution in [-0.2, 0) is 11.3 Å². The van der Waals surface area contributed by atoms with E-state index in [1.165, 1.54) is 0 Å². The van der Waals surface area contributed by atoms with Gasteiger partial charge in [-0.25, -0.2) is 15.0 Å². The third-order valence-corrected chi connectivity index (χ3v) is 4.98. The van der Waals surface area contributed by atoms with Crippen LogP contribution in [-0.4, -0.2) is 61.4 Å². The summed E-state index contributed by atoms with van der Waals surface area (Å²) in [5.41, 5.74) is 1.48. The maximum Gasteiger partial charge on any atom is 0.167 e. The predicted octanol–water partition coefficient (Wildman–Crippen LogP) is 1.39. The molecule has 3 aromatic rings. The average Bonchev–Trinajstić information content (AvgIpc) is 3.17. The maximum atomic E-state index is 9.68. The molecule has 3 aromatic heterocycles. The van der Waals surface area contributed by atoms with Crippen molar-refractivity contribution in [2.45, 2.75) is 37.8 Å². The number of nitrogens with zero attached hydrogens (tertiary/aromatic N) is 5. The van der Waals surface area contributed by atoms with Crippen molar-refractivity contribution in [2.75, 3.05) is 25.0 Å². The lowest BCUT2D eigenvalue weighted by Crippen LogP contribution is -2.46. The molecule has 0 amide bonds. The quantitative estimate of drug-likeness (QED) is 0.671. The summed E-state index contributed by atoms with van der Waals surface area (Å²) < 4.78 is 13.5. The Hall–Kier alpha value is -2.49. The van der Waals surface area contributed by atoms with Gasteiger partial charge in [-0.15, -0.1) is 0 Å². The van der Waals surface area contributed by atoms with Crippen molar-refractivity contribution >= 4 is 17.0 Å². The molecule has 2 aliphatic rings. The van der Waals surface area contributed by atoms with Crippen LogP contribution in [0.3, 0.4) is 0 Å². The molecule has 27 heavy (non-hydrogen) atoms. The minimum atomic E-state index is -0.292. The number of aliphatic hydroxyl groups excluding tert-OH is 1. The zero-order chi connectivity index (χ0) is 18.2. The third kappa shape index (κ3) is 3.41. The van der Waals surface area contributed by atoms with Crippen LogP contribution in [0.1, 0.15) is 24.8 Å². The number of aromatic nitrogens is 4. The van der Waals surface area contributed by atoms with Gasteiger partial charge in [0.05, 0.1) is 31.8 Å². The van der Waals surface area contributed by atoms with Crippen LogP contribution in [0.15, 0.2) is 35.5 Å². The van der Waals surface area contributed by atoms with E-state index in [9.17, 15) is 5.11 Å². The van der Waals surface area contributed by atoms with E-state index in [0.29, 0.717) is 25.7 Å². The third-order valence-electron chi connectivity index (χ3n) is 4.98. The fourth-order valence-electron chi connectivity index (χ4n) is 3.49. The number of morpholine rings is 1. The summed E-state index contributed by atoms with van der Waals surface area (Å²) in [7, 11) is 0. The van der Waals surface area contributed by atoms with Gasteiger partial charge in [0.15, 0.2) is 17.0 Å². The minimum absolute atomic E-state index is 0.0404. The van der Waals surface area contributed by atoms with Crippen molar-refractivity contribution in [3.63, 3.8) is 0 Å². The molecule has 0 aromatic carbocycles. The molecule has 1 saturated heterocycles. The number of furan rings is 1. The SMILES string of the molecule is OC[C@@H]1CN(Cc2ccco2)C[C@H](n2cnc3c(NC4CC4)ncnc32)O1. The molecular weight excluding hydrogens is 348 g/mol. The smallest absolute Gasteiger partial charge is 0.167 e. The molecule has 9 heteroatoms. The molecule has 1 saturated carbocycles. The Balaban J connectivity index is 1.41. The van der Waals surface area contributed by atoms with E-state index in [1.54, 1.807) is 18.9 Å². The van der Waals surface area contributed by atoms with Crippen molar-refractivity contribution < 1.29 is 14.3 Å².